The first kappa shape index (κ1) is 23.7. The highest BCUT2D eigenvalue weighted by Crippen LogP contribution is 2.36. The van der Waals surface area contributed by atoms with E-state index in [2.05, 4.69) is 50.3 Å². The number of carbonyl (C=O) groups is 1. The molecule has 0 atom stereocenters. The fourth-order valence-electron chi connectivity index (χ4n) is 4.99. The highest BCUT2D eigenvalue weighted by atomic mass is 32.1. The molecule has 0 bridgehead atoms. The van der Waals surface area contributed by atoms with Gasteiger partial charge < -0.3 is 20.0 Å². The van der Waals surface area contributed by atoms with Gasteiger partial charge in [0.2, 0.25) is 11.9 Å². The monoisotopic (exact) mass is 514 g/mol. The number of likely N-dealkylation sites (N-methyl/N-ethyl adjacent to an activating group) is 1. The molecule has 1 aromatic carbocycles. The molecule has 190 valence electrons. The number of aryl methyl sites for hydroxylation is 1. The van der Waals surface area contributed by atoms with Crippen molar-refractivity contribution in [1.29, 1.82) is 0 Å². The molecular weight excluding hydrogens is 484 g/mol. The van der Waals surface area contributed by atoms with Crippen LogP contribution in [0.4, 0.5) is 17.6 Å². The van der Waals surface area contributed by atoms with Crippen LogP contribution in [0.2, 0.25) is 0 Å². The van der Waals surface area contributed by atoms with Gasteiger partial charge in [0.05, 0.1) is 10.2 Å². The number of anilines is 3. The zero-order valence-corrected chi connectivity index (χ0v) is 22.2. The molecule has 4 aromatic rings. The largest absolute Gasteiger partial charge is 0.338 e. The van der Waals surface area contributed by atoms with Crippen LogP contribution >= 0.6 is 11.3 Å². The Hall–Kier alpha value is -3.63. The maximum absolute atomic E-state index is 11.9. The maximum Gasteiger partial charge on any atom is 0.227 e. The summed E-state index contributed by atoms with van der Waals surface area (Å²) >= 11 is 1.65. The second-order valence-electron chi connectivity index (χ2n) is 9.80. The molecule has 1 saturated heterocycles. The summed E-state index contributed by atoms with van der Waals surface area (Å²) in [5.74, 6) is 2.32. The van der Waals surface area contributed by atoms with Crippen LogP contribution in [0.5, 0.6) is 0 Å². The van der Waals surface area contributed by atoms with Crippen LogP contribution in [0.25, 0.3) is 20.8 Å². The van der Waals surface area contributed by atoms with Gasteiger partial charge in [-0.1, -0.05) is 18.2 Å². The Morgan fingerprint density at radius 2 is 1.86 bits per heavy atom. The first-order valence-electron chi connectivity index (χ1n) is 12.6. The summed E-state index contributed by atoms with van der Waals surface area (Å²) in [5, 5.41) is 4.35. The van der Waals surface area contributed by atoms with Gasteiger partial charge in [0.1, 0.15) is 16.6 Å². The lowest BCUT2D eigenvalue weighted by Crippen LogP contribution is -2.45. The average molecular weight is 515 g/mol. The van der Waals surface area contributed by atoms with Crippen molar-refractivity contribution in [3.05, 3.63) is 53.3 Å². The third kappa shape index (κ3) is 4.86. The number of pyridine rings is 1. The van der Waals surface area contributed by atoms with E-state index in [1.165, 1.54) is 11.1 Å². The molecule has 5 heterocycles. The van der Waals surface area contributed by atoms with Gasteiger partial charge in [-0.2, -0.15) is 4.98 Å². The van der Waals surface area contributed by atoms with Crippen molar-refractivity contribution in [3.8, 4) is 10.6 Å². The molecule has 1 fully saturated rings. The predicted octanol–water partition coefficient (Wildman–Crippen LogP) is 3.86. The third-order valence-corrected chi connectivity index (χ3v) is 8.14. The van der Waals surface area contributed by atoms with Crippen molar-refractivity contribution in [1.82, 2.24) is 29.7 Å². The lowest BCUT2D eigenvalue weighted by molar-refractivity contribution is -0.129. The van der Waals surface area contributed by atoms with Crippen LogP contribution < -0.4 is 10.2 Å². The van der Waals surface area contributed by atoms with E-state index in [4.69, 9.17) is 9.97 Å². The second kappa shape index (κ2) is 9.68. The topological polar surface area (TPSA) is 90.4 Å². The van der Waals surface area contributed by atoms with E-state index in [1.54, 1.807) is 18.3 Å². The van der Waals surface area contributed by atoms with E-state index in [9.17, 15) is 4.79 Å². The van der Waals surface area contributed by atoms with Gasteiger partial charge in [-0.3, -0.25) is 4.79 Å². The van der Waals surface area contributed by atoms with Crippen LogP contribution in [-0.4, -0.2) is 75.4 Å². The Kier molecular flexibility index (Phi) is 6.21. The number of carbonyl (C=O) groups excluding carboxylic acids is 1. The summed E-state index contributed by atoms with van der Waals surface area (Å²) in [6.07, 6.45) is 2.72. The number of nitrogens with zero attached hydrogens (tertiary/aromatic N) is 7. The van der Waals surface area contributed by atoms with Crippen molar-refractivity contribution in [2.24, 2.45) is 0 Å². The predicted molar refractivity (Wildman–Crippen MR) is 147 cm³/mol. The van der Waals surface area contributed by atoms with E-state index in [0.29, 0.717) is 12.4 Å². The molecule has 0 aliphatic carbocycles. The highest BCUT2D eigenvalue weighted by molar-refractivity contribution is 7.21. The van der Waals surface area contributed by atoms with Gasteiger partial charge in [-0.15, -0.1) is 11.3 Å². The standard InChI is InChI=1S/C27H30N8OS/c1-17-13-25(32-27(29-17)34-11-9-33(3)10-12-34)31-24-14-22-23(15-28-24)37-26(30-22)21-6-4-5-19-16-35(18(2)36)8-7-20(19)21/h4-6,13-15H,7-12,16H2,1-3H3,(H,28,29,31,32). The first-order valence-corrected chi connectivity index (χ1v) is 13.4. The average Bonchev–Trinajstić information content (AvgIpc) is 3.31. The third-order valence-electron chi connectivity index (χ3n) is 7.10. The number of hydrogen-bond acceptors (Lipinski definition) is 9. The molecule has 6 rings (SSSR count). The smallest absolute Gasteiger partial charge is 0.227 e. The van der Waals surface area contributed by atoms with Crippen molar-refractivity contribution < 1.29 is 4.79 Å². The molecule has 37 heavy (non-hydrogen) atoms. The number of aromatic nitrogens is 4. The molecule has 2 aliphatic heterocycles. The summed E-state index contributed by atoms with van der Waals surface area (Å²) in [4.78, 5) is 37.4. The summed E-state index contributed by atoms with van der Waals surface area (Å²) in [5.41, 5.74) is 5.47. The number of benzene rings is 1. The molecule has 2 aliphatic rings. The van der Waals surface area contributed by atoms with E-state index < -0.39 is 0 Å². The van der Waals surface area contributed by atoms with Gasteiger partial charge >= 0.3 is 0 Å². The Bertz CT molecular complexity index is 1480. The fourth-order valence-corrected chi connectivity index (χ4v) is 5.96. The number of thiazole rings is 1. The maximum atomic E-state index is 11.9. The summed E-state index contributed by atoms with van der Waals surface area (Å²) in [7, 11) is 2.14. The minimum absolute atomic E-state index is 0.122. The normalized spacial score (nSPS) is 16.2. The quantitative estimate of drug-likeness (QED) is 0.439. The second-order valence-corrected chi connectivity index (χ2v) is 10.8. The number of rotatable bonds is 4. The first-order chi connectivity index (χ1) is 17.9. The SMILES string of the molecule is CC(=O)N1CCc2c(cccc2-c2nc3cc(Nc4cc(C)nc(N5CCN(C)CC5)n4)ncc3s2)C1. The lowest BCUT2D eigenvalue weighted by Gasteiger charge is -2.32. The Morgan fingerprint density at radius 1 is 1.03 bits per heavy atom. The van der Waals surface area contributed by atoms with Gasteiger partial charge in [0.25, 0.3) is 0 Å². The molecular formula is C27H30N8OS. The molecule has 0 radical (unpaired) electrons. The highest BCUT2D eigenvalue weighted by Gasteiger charge is 2.22. The molecule has 1 N–H and O–H groups in total. The molecule has 0 unspecified atom stereocenters. The zero-order valence-electron chi connectivity index (χ0n) is 21.4. The van der Waals surface area contributed by atoms with E-state index in [0.717, 1.165) is 77.4 Å². The molecule has 9 nitrogen and oxygen atoms in total. The van der Waals surface area contributed by atoms with Crippen LogP contribution in [0.15, 0.2) is 36.5 Å². The summed E-state index contributed by atoms with van der Waals surface area (Å²) in [6.45, 7) is 8.88. The number of piperazine rings is 1. The summed E-state index contributed by atoms with van der Waals surface area (Å²) < 4.78 is 1.04. The minimum atomic E-state index is 0.122. The van der Waals surface area contributed by atoms with Crippen LogP contribution in [0.3, 0.4) is 0 Å². The van der Waals surface area contributed by atoms with Crippen molar-refractivity contribution in [3.63, 3.8) is 0 Å². The molecule has 1 amide bonds. The van der Waals surface area contributed by atoms with Crippen molar-refractivity contribution in [2.45, 2.75) is 26.8 Å². The molecule has 0 spiro atoms. The molecule has 0 saturated carbocycles. The van der Waals surface area contributed by atoms with E-state index >= 15 is 0 Å². The Morgan fingerprint density at radius 3 is 2.68 bits per heavy atom. The van der Waals surface area contributed by atoms with Gasteiger partial charge in [-0.25, -0.2) is 15.0 Å². The fraction of sp³-hybridized carbons (Fsp3) is 0.370. The Labute approximate surface area is 220 Å². The summed E-state index contributed by atoms with van der Waals surface area (Å²) in [6, 6.07) is 10.2. The van der Waals surface area contributed by atoms with Gasteiger partial charge in [0, 0.05) is 75.8 Å². The Balaban J connectivity index is 1.26. The van der Waals surface area contributed by atoms with Crippen molar-refractivity contribution in [2.75, 3.05) is 50.0 Å². The van der Waals surface area contributed by atoms with Gasteiger partial charge in [-0.05, 0) is 31.5 Å². The number of nitrogens with one attached hydrogen (secondary N) is 1. The van der Waals surface area contributed by atoms with E-state index in [1.807, 2.05) is 30.2 Å². The number of fused-ring (bicyclic) bond motifs is 2. The number of amides is 1. The van der Waals surface area contributed by atoms with E-state index in [-0.39, 0.29) is 5.91 Å². The van der Waals surface area contributed by atoms with Crippen LogP contribution in [0, 0.1) is 6.92 Å². The minimum Gasteiger partial charge on any atom is -0.338 e. The van der Waals surface area contributed by atoms with Crippen LogP contribution in [0.1, 0.15) is 23.7 Å². The van der Waals surface area contributed by atoms with Crippen molar-refractivity contribution >= 4 is 45.0 Å². The molecule has 10 heteroatoms. The molecule has 3 aromatic heterocycles. The van der Waals surface area contributed by atoms with Crippen LogP contribution in [-0.2, 0) is 17.8 Å². The number of hydrogen-bond donors (Lipinski definition) is 1. The van der Waals surface area contributed by atoms with Gasteiger partial charge in [0.15, 0.2) is 0 Å². The lowest BCUT2D eigenvalue weighted by atomic mass is 9.94. The zero-order chi connectivity index (χ0) is 25.5.